The van der Waals surface area contributed by atoms with Crippen LogP contribution in [0.25, 0.3) is 0 Å². The summed E-state index contributed by atoms with van der Waals surface area (Å²) in [6.45, 7) is 1.89. The van der Waals surface area contributed by atoms with Crippen LogP contribution in [0.15, 0.2) is 34.5 Å². The smallest absolute Gasteiger partial charge is 0.466 e. The Morgan fingerprint density at radius 2 is 1.85 bits per heavy atom. The van der Waals surface area contributed by atoms with Gasteiger partial charge in [-0.1, -0.05) is 0 Å². The molecule has 2 aromatic rings. The van der Waals surface area contributed by atoms with Crippen LogP contribution in [0.2, 0.25) is 0 Å². The molecule has 1 N–H and O–H groups in total. The van der Waals surface area contributed by atoms with Gasteiger partial charge in [0.1, 0.15) is 0 Å². The van der Waals surface area contributed by atoms with E-state index in [2.05, 4.69) is 10.3 Å². The second-order valence-corrected chi connectivity index (χ2v) is 7.85. The van der Waals surface area contributed by atoms with E-state index in [0.717, 1.165) is 23.5 Å². The first-order chi connectivity index (χ1) is 12.5. The SMILES string of the molecule is CCOC(=O)Cc1csc(NC(=O)c2ccc(S(=O)(=O)C(F)(F)F)cc2)n1. The molecule has 146 valence electrons. The summed E-state index contributed by atoms with van der Waals surface area (Å²) in [5.74, 6) is -1.16. The van der Waals surface area contributed by atoms with Crippen LogP contribution in [-0.2, 0) is 25.8 Å². The number of sulfone groups is 1. The number of hydrogen-bond donors (Lipinski definition) is 1. The van der Waals surface area contributed by atoms with Crippen LogP contribution in [0.5, 0.6) is 0 Å². The van der Waals surface area contributed by atoms with Crippen molar-refractivity contribution >= 4 is 38.2 Å². The summed E-state index contributed by atoms with van der Waals surface area (Å²) in [6, 6.07) is 3.32. The average Bonchev–Trinajstić information content (AvgIpc) is 3.00. The molecule has 0 saturated carbocycles. The molecular formula is C15H13F3N2O5S2. The Morgan fingerprint density at radius 3 is 2.41 bits per heavy atom. The third kappa shape index (κ3) is 5.04. The van der Waals surface area contributed by atoms with Gasteiger partial charge in [-0.05, 0) is 31.2 Å². The van der Waals surface area contributed by atoms with Crippen LogP contribution in [0.1, 0.15) is 23.0 Å². The van der Waals surface area contributed by atoms with Gasteiger partial charge in [-0.25, -0.2) is 13.4 Å². The Balaban J connectivity index is 2.07. The molecule has 0 saturated heterocycles. The van der Waals surface area contributed by atoms with E-state index in [0.29, 0.717) is 17.8 Å². The Hall–Kier alpha value is -2.47. The molecular weight excluding hydrogens is 409 g/mol. The number of halogens is 3. The molecule has 1 heterocycles. The lowest BCUT2D eigenvalue weighted by atomic mass is 10.2. The fraction of sp³-hybridized carbons (Fsp3) is 0.267. The lowest BCUT2D eigenvalue weighted by Crippen LogP contribution is -2.23. The maximum atomic E-state index is 12.5. The zero-order valence-corrected chi connectivity index (χ0v) is 15.4. The Labute approximate surface area is 156 Å². The topological polar surface area (TPSA) is 102 Å². The summed E-state index contributed by atoms with van der Waals surface area (Å²) in [7, 11) is -5.48. The lowest BCUT2D eigenvalue weighted by Gasteiger charge is -2.08. The van der Waals surface area contributed by atoms with E-state index in [4.69, 9.17) is 4.74 Å². The van der Waals surface area contributed by atoms with Crippen LogP contribution in [0, 0.1) is 0 Å². The summed E-state index contributed by atoms with van der Waals surface area (Å²) in [5.41, 5.74) is -5.09. The highest BCUT2D eigenvalue weighted by Gasteiger charge is 2.46. The predicted molar refractivity (Wildman–Crippen MR) is 90.1 cm³/mol. The standard InChI is InChI=1S/C15H13F3N2O5S2/c1-2-25-12(21)7-10-8-26-14(19-10)20-13(22)9-3-5-11(6-4-9)27(23,24)15(16,17)18/h3-6,8H,2,7H2,1H3,(H,19,20,22). The molecule has 1 amide bonds. The first-order valence-corrected chi connectivity index (χ1v) is 9.73. The molecule has 0 fully saturated rings. The van der Waals surface area contributed by atoms with Gasteiger partial charge >= 0.3 is 11.5 Å². The number of nitrogens with zero attached hydrogens (tertiary/aromatic N) is 1. The molecule has 0 aliphatic carbocycles. The number of carbonyl (C=O) groups excluding carboxylic acids is 2. The van der Waals surface area contributed by atoms with Gasteiger partial charge in [0.15, 0.2) is 5.13 Å². The molecule has 0 aliphatic rings. The number of aromatic nitrogens is 1. The molecule has 0 spiro atoms. The van der Waals surface area contributed by atoms with E-state index < -0.39 is 32.1 Å². The van der Waals surface area contributed by atoms with Crippen LogP contribution in [-0.4, -0.2) is 37.4 Å². The average molecular weight is 422 g/mol. The zero-order chi connectivity index (χ0) is 20.2. The summed E-state index contributed by atoms with van der Waals surface area (Å²) in [6.07, 6.45) is -0.0653. The Morgan fingerprint density at radius 1 is 1.22 bits per heavy atom. The molecule has 2 rings (SSSR count). The van der Waals surface area contributed by atoms with Crippen LogP contribution < -0.4 is 5.32 Å². The molecule has 27 heavy (non-hydrogen) atoms. The first-order valence-electron chi connectivity index (χ1n) is 7.37. The third-order valence-electron chi connectivity index (χ3n) is 3.13. The summed E-state index contributed by atoms with van der Waals surface area (Å²) < 4.78 is 64.9. The predicted octanol–water partition coefficient (Wildman–Crippen LogP) is 2.79. The zero-order valence-electron chi connectivity index (χ0n) is 13.7. The number of benzene rings is 1. The van der Waals surface area contributed by atoms with Gasteiger partial charge in [-0.15, -0.1) is 11.3 Å². The van der Waals surface area contributed by atoms with Crippen molar-refractivity contribution in [3.8, 4) is 0 Å². The van der Waals surface area contributed by atoms with E-state index in [1.807, 2.05) is 0 Å². The lowest BCUT2D eigenvalue weighted by molar-refractivity contribution is -0.142. The number of hydrogen-bond acceptors (Lipinski definition) is 7. The van der Waals surface area contributed by atoms with Crippen LogP contribution >= 0.6 is 11.3 Å². The molecule has 0 aliphatic heterocycles. The van der Waals surface area contributed by atoms with Gasteiger partial charge in [0.25, 0.3) is 15.7 Å². The molecule has 0 unspecified atom stereocenters. The van der Waals surface area contributed by atoms with Crippen molar-refractivity contribution < 1.29 is 35.9 Å². The van der Waals surface area contributed by atoms with Crippen molar-refractivity contribution in [3.05, 3.63) is 40.9 Å². The van der Waals surface area contributed by atoms with Crippen molar-refractivity contribution in [2.24, 2.45) is 0 Å². The monoisotopic (exact) mass is 422 g/mol. The number of esters is 1. The van der Waals surface area contributed by atoms with Gasteiger partial charge in [0.05, 0.1) is 23.6 Å². The van der Waals surface area contributed by atoms with E-state index >= 15 is 0 Å². The van der Waals surface area contributed by atoms with E-state index in [1.165, 1.54) is 0 Å². The minimum atomic E-state index is -5.48. The number of carbonyl (C=O) groups is 2. The Kier molecular flexibility index (Phi) is 6.21. The van der Waals surface area contributed by atoms with Gasteiger partial charge in [-0.2, -0.15) is 13.2 Å². The number of alkyl halides is 3. The highest BCUT2D eigenvalue weighted by molar-refractivity contribution is 7.92. The Bertz CT molecular complexity index is 937. The first kappa shape index (κ1) is 20.8. The number of rotatable bonds is 6. The number of ether oxygens (including phenoxy) is 1. The quantitative estimate of drug-likeness (QED) is 0.719. The van der Waals surface area contributed by atoms with Crippen molar-refractivity contribution in [1.82, 2.24) is 4.98 Å². The number of nitrogens with one attached hydrogen (secondary N) is 1. The summed E-state index contributed by atoms with van der Waals surface area (Å²) in [4.78, 5) is 26.5. The molecule has 7 nitrogen and oxygen atoms in total. The van der Waals surface area contributed by atoms with Crippen molar-refractivity contribution in [3.63, 3.8) is 0 Å². The fourth-order valence-corrected chi connectivity index (χ4v) is 3.36. The van der Waals surface area contributed by atoms with E-state index in [9.17, 15) is 31.2 Å². The van der Waals surface area contributed by atoms with Crippen molar-refractivity contribution in [2.45, 2.75) is 23.7 Å². The van der Waals surface area contributed by atoms with Crippen LogP contribution in [0.4, 0.5) is 18.3 Å². The summed E-state index contributed by atoms with van der Waals surface area (Å²) in [5, 5.41) is 4.14. The highest BCUT2D eigenvalue weighted by atomic mass is 32.2. The molecule has 0 radical (unpaired) electrons. The van der Waals surface area contributed by atoms with Gasteiger partial charge in [-0.3, -0.25) is 14.9 Å². The minimum Gasteiger partial charge on any atom is -0.466 e. The number of amides is 1. The molecule has 1 aromatic heterocycles. The maximum Gasteiger partial charge on any atom is 0.501 e. The van der Waals surface area contributed by atoms with Crippen molar-refractivity contribution in [2.75, 3.05) is 11.9 Å². The highest BCUT2D eigenvalue weighted by Crippen LogP contribution is 2.30. The maximum absolute atomic E-state index is 12.5. The largest absolute Gasteiger partial charge is 0.501 e. The molecule has 0 atom stereocenters. The van der Waals surface area contributed by atoms with E-state index in [1.54, 1.807) is 12.3 Å². The third-order valence-corrected chi connectivity index (χ3v) is 5.44. The molecule has 1 aromatic carbocycles. The summed E-state index contributed by atoms with van der Waals surface area (Å²) >= 11 is 1.05. The fourth-order valence-electron chi connectivity index (χ4n) is 1.89. The second kappa shape index (κ2) is 8.05. The normalized spacial score (nSPS) is 11.9. The number of thiazole rings is 1. The number of anilines is 1. The van der Waals surface area contributed by atoms with E-state index in [-0.39, 0.29) is 23.7 Å². The van der Waals surface area contributed by atoms with Gasteiger partial charge in [0, 0.05) is 10.9 Å². The molecule has 0 bridgehead atoms. The van der Waals surface area contributed by atoms with Crippen LogP contribution in [0.3, 0.4) is 0 Å². The molecule has 12 heteroatoms. The van der Waals surface area contributed by atoms with Crippen molar-refractivity contribution in [1.29, 1.82) is 0 Å². The van der Waals surface area contributed by atoms with Gasteiger partial charge in [0.2, 0.25) is 0 Å². The van der Waals surface area contributed by atoms with Gasteiger partial charge < -0.3 is 4.74 Å². The minimum absolute atomic E-state index is 0.0572. The second-order valence-electron chi connectivity index (χ2n) is 5.05.